The summed E-state index contributed by atoms with van der Waals surface area (Å²) in [7, 11) is 0. The highest BCUT2D eigenvalue weighted by atomic mass is 16.4. The fourth-order valence-electron chi connectivity index (χ4n) is 2.40. The molecule has 0 aliphatic heterocycles. The minimum Gasteiger partial charge on any atom is -0.478 e. The molecule has 0 unspecified atom stereocenters. The molecule has 3 rings (SSSR count). The maximum atomic E-state index is 11.4. The van der Waals surface area contributed by atoms with Crippen LogP contribution in [0.3, 0.4) is 0 Å². The number of benzene rings is 1. The smallest absolute Gasteiger partial charge is 0.328 e. The summed E-state index contributed by atoms with van der Waals surface area (Å²) < 4.78 is 0. The van der Waals surface area contributed by atoms with Gasteiger partial charge in [-0.1, -0.05) is 24.3 Å². The van der Waals surface area contributed by atoms with Gasteiger partial charge in [0.15, 0.2) is 5.78 Å². The fraction of sp³-hybridized carbons (Fsp3) is 0.0556. The minimum atomic E-state index is -1.00. The second-order valence-electron chi connectivity index (χ2n) is 5.17. The van der Waals surface area contributed by atoms with E-state index in [1.165, 1.54) is 13.0 Å². The van der Waals surface area contributed by atoms with Crippen molar-refractivity contribution in [2.75, 3.05) is 0 Å². The molecule has 2 heterocycles. The molecule has 0 bridgehead atoms. The average molecular weight is 306 g/mol. The minimum absolute atomic E-state index is 0.0261. The lowest BCUT2D eigenvalue weighted by Gasteiger charge is -2.02. The topological polar surface area (TPSA) is 83.0 Å². The van der Waals surface area contributed by atoms with E-state index in [4.69, 9.17) is 5.11 Å². The maximum absolute atomic E-state index is 11.4. The summed E-state index contributed by atoms with van der Waals surface area (Å²) in [6, 6.07) is 9.24. The lowest BCUT2D eigenvalue weighted by Crippen LogP contribution is -1.90. The van der Waals surface area contributed by atoms with Crippen molar-refractivity contribution < 1.29 is 14.7 Å². The monoisotopic (exact) mass is 306 g/mol. The van der Waals surface area contributed by atoms with Gasteiger partial charge in [-0.05, 0) is 30.2 Å². The second kappa shape index (κ2) is 5.88. The Balaban J connectivity index is 2.05. The number of aromatic nitrogens is 2. The molecule has 0 spiro atoms. The number of fused-ring (bicyclic) bond motifs is 1. The first kappa shape index (κ1) is 14.7. The number of H-pyrrole nitrogens is 1. The number of nitrogens with zero attached hydrogens (tertiary/aromatic N) is 1. The van der Waals surface area contributed by atoms with Gasteiger partial charge < -0.3 is 10.1 Å². The Bertz CT molecular complexity index is 921. The molecule has 2 N–H and O–H groups in total. The van der Waals surface area contributed by atoms with E-state index in [2.05, 4.69) is 9.97 Å². The Morgan fingerprint density at radius 1 is 1.22 bits per heavy atom. The van der Waals surface area contributed by atoms with E-state index in [1.54, 1.807) is 18.3 Å². The molecule has 0 saturated carbocycles. The molecule has 0 aliphatic rings. The highest BCUT2D eigenvalue weighted by molar-refractivity contribution is 5.97. The predicted octanol–water partition coefficient (Wildman–Crippen LogP) is 3.53. The molecule has 1 aromatic carbocycles. The van der Waals surface area contributed by atoms with Gasteiger partial charge >= 0.3 is 5.97 Å². The number of rotatable bonds is 4. The molecule has 0 atom stereocenters. The molecule has 3 aromatic rings. The van der Waals surface area contributed by atoms with Crippen molar-refractivity contribution in [3.8, 4) is 11.1 Å². The number of Topliss-reactive ketones (excluding diaryl/α,β-unsaturated/α-hetero) is 1. The van der Waals surface area contributed by atoms with Crippen LogP contribution in [0.5, 0.6) is 0 Å². The molecule has 114 valence electrons. The molecular weight excluding hydrogens is 292 g/mol. The number of carboxylic acids is 1. The van der Waals surface area contributed by atoms with Gasteiger partial charge in [-0.3, -0.25) is 4.79 Å². The van der Waals surface area contributed by atoms with E-state index in [-0.39, 0.29) is 5.78 Å². The first-order valence-electron chi connectivity index (χ1n) is 7.04. The number of carbonyl (C=O) groups is 2. The van der Waals surface area contributed by atoms with E-state index in [9.17, 15) is 9.59 Å². The molecular formula is C18H14N2O3. The zero-order valence-electron chi connectivity index (χ0n) is 12.4. The van der Waals surface area contributed by atoms with E-state index in [1.807, 2.05) is 24.4 Å². The van der Waals surface area contributed by atoms with E-state index in [0.717, 1.165) is 28.2 Å². The zero-order chi connectivity index (χ0) is 16.4. The van der Waals surface area contributed by atoms with Crippen LogP contribution < -0.4 is 0 Å². The van der Waals surface area contributed by atoms with Gasteiger partial charge in [0.1, 0.15) is 5.65 Å². The van der Waals surface area contributed by atoms with Crippen LogP contribution in [-0.2, 0) is 4.79 Å². The Morgan fingerprint density at radius 3 is 2.61 bits per heavy atom. The Kier molecular flexibility index (Phi) is 3.76. The second-order valence-corrected chi connectivity index (χ2v) is 5.17. The van der Waals surface area contributed by atoms with Crippen molar-refractivity contribution >= 4 is 28.9 Å². The van der Waals surface area contributed by atoms with Crippen LogP contribution in [0.2, 0.25) is 0 Å². The highest BCUT2D eigenvalue weighted by Crippen LogP contribution is 2.28. The van der Waals surface area contributed by atoms with Gasteiger partial charge in [-0.15, -0.1) is 0 Å². The first-order chi connectivity index (χ1) is 11.0. The number of carboxylic acid groups (broad SMARTS) is 1. The van der Waals surface area contributed by atoms with E-state index >= 15 is 0 Å². The van der Waals surface area contributed by atoms with Crippen LogP contribution in [0.4, 0.5) is 0 Å². The fourth-order valence-corrected chi connectivity index (χ4v) is 2.40. The quantitative estimate of drug-likeness (QED) is 0.570. The van der Waals surface area contributed by atoms with E-state index < -0.39 is 5.97 Å². The van der Waals surface area contributed by atoms with Crippen LogP contribution in [-0.4, -0.2) is 26.8 Å². The van der Waals surface area contributed by atoms with Crippen molar-refractivity contribution in [1.82, 2.24) is 9.97 Å². The van der Waals surface area contributed by atoms with Crippen LogP contribution in [0, 0.1) is 0 Å². The zero-order valence-corrected chi connectivity index (χ0v) is 12.4. The number of nitrogens with one attached hydrogen (secondary N) is 1. The third kappa shape index (κ3) is 3.03. The Hall–Kier alpha value is -3.21. The van der Waals surface area contributed by atoms with Gasteiger partial charge in [0, 0.05) is 35.0 Å². The van der Waals surface area contributed by atoms with Gasteiger partial charge in [0.2, 0.25) is 0 Å². The molecule has 23 heavy (non-hydrogen) atoms. The summed E-state index contributed by atoms with van der Waals surface area (Å²) in [5, 5.41) is 9.61. The van der Waals surface area contributed by atoms with Crippen molar-refractivity contribution in [1.29, 1.82) is 0 Å². The predicted molar refractivity (Wildman–Crippen MR) is 88.2 cm³/mol. The van der Waals surface area contributed by atoms with Crippen molar-refractivity contribution in [2.45, 2.75) is 6.92 Å². The number of hydrogen-bond acceptors (Lipinski definition) is 3. The molecule has 0 radical (unpaired) electrons. The molecule has 0 fully saturated rings. The van der Waals surface area contributed by atoms with E-state index in [0.29, 0.717) is 11.1 Å². The summed E-state index contributed by atoms with van der Waals surface area (Å²) in [6.07, 6.45) is 6.05. The van der Waals surface area contributed by atoms with Gasteiger partial charge in [0.25, 0.3) is 0 Å². The summed E-state index contributed by atoms with van der Waals surface area (Å²) in [6.45, 7) is 1.53. The Labute approximate surface area is 132 Å². The number of hydrogen-bond donors (Lipinski definition) is 2. The van der Waals surface area contributed by atoms with Crippen LogP contribution >= 0.6 is 0 Å². The van der Waals surface area contributed by atoms with Crippen LogP contribution in [0.25, 0.3) is 28.2 Å². The third-order valence-electron chi connectivity index (χ3n) is 3.57. The lowest BCUT2D eigenvalue weighted by atomic mass is 10.0. The number of ketones is 1. The summed E-state index contributed by atoms with van der Waals surface area (Å²) in [5.74, 6) is -0.975. The molecule has 5 heteroatoms. The number of carbonyl (C=O) groups excluding carboxylic acids is 1. The molecule has 2 aromatic heterocycles. The standard InChI is InChI=1S/C18H14N2O3/c1-11(21)13-3-5-14(6-4-13)16-10-20-18-15(16)8-12(9-19-18)2-7-17(22)23/h2-10H,1H3,(H,19,20)(H,22,23)/b7-2+. The van der Waals surface area contributed by atoms with Crippen molar-refractivity contribution in [3.05, 3.63) is 59.9 Å². The first-order valence-corrected chi connectivity index (χ1v) is 7.04. The summed E-state index contributed by atoms with van der Waals surface area (Å²) in [5.41, 5.74) is 4.01. The summed E-state index contributed by atoms with van der Waals surface area (Å²) >= 11 is 0. The van der Waals surface area contributed by atoms with Crippen LogP contribution in [0.15, 0.2) is 48.8 Å². The highest BCUT2D eigenvalue weighted by Gasteiger charge is 2.08. The molecule has 5 nitrogen and oxygen atoms in total. The molecule has 0 aliphatic carbocycles. The average Bonchev–Trinajstić information content (AvgIpc) is 2.96. The summed E-state index contributed by atoms with van der Waals surface area (Å²) in [4.78, 5) is 29.4. The SMILES string of the molecule is CC(=O)c1ccc(-c2c[nH]c3ncc(/C=C/C(=O)O)cc23)cc1. The number of aliphatic carboxylic acids is 1. The molecule has 0 amide bonds. The van der Waals surface area contributed by atoms with Gasteiger partial charge in [0.05, 0.1) is 0 Å². The van der Waals surface area contributed by atoms with Gasteiger partial charge in [-0.25, -0.2) is 9.78 Å². The maximum Gasteiger partial charge on any atom is 0.328 e. The lowest BCUT2D eigenvalue weighted by molar-refractivity contribution is -0.131. The number of pyridine rings is 1. The Morgan fingerprint density at radius 2 is 1.96 bits per heavy atom. The largest absolute Gasteiger partial charge is 0.478 e. The van der Waals surface area contributed by atoms with Gasteiger partial charge in [-0.2, -0.15) is 0 Å². The third-order valence-corrected chi connectivity index (χ3v) is 3.57. The van der Waals surface area contributed by atoms with Crippen LogP contribution in [0.1, 0.15) is 22.8 Å². The normalized spacial score (nSPS) is 11.2. The van der Waals surface area contributed by atoms with Crippen molar-refractivity contribution in [2.24, 2.45) is 0 Å². The van der Waals surface area contributed by atoms with Crippen molar-refractivity contribution in [3.63, 3.8) is 0 Å². The molecule has 0 saturated heterocycles. The number of aromatic amines is 1.